The molecule has 4 heterocycles. The molecular weight excluding hydrogens is 360 g/mol. The molecule has 5 heteroatoms. The maximum Gasteiger partial charge on any atom is 0.141 e. The fourth-order valence-electron chi connectivity index (χ4n) is 4.58. The third-order valence-corrected chi connectivity index (χ3v) is 6.06. The number of rotatable bonds is 4. The number of nitrogens with one attached hydrogen (secondary N) is 1. The molecule has 4 aromatic rings. The van der Waals surface area contributed by atoms with Crippen molar-refractivity contribution in [2.45, 2.75) is 39.2 Å². The molecule has 29 heavy (non-hydrogen) atoms. The number of benzene rings is 1. The van der Waals surface area contributed by atoms with Crippen molar-refractivity contribution in [3.8, 4) is 11.1 Å². The summed E-state index contributed by atoms with van der Waals surface area (Å²) < 4.78 is 5.30. The Balaban J connectivity index is 1.30. The number of piperidine rings is 1. The summed E-state index contributed by atoms with van der Waals surface area (Å²) in [5, 5.41) is 5.33. The minimum atomic E-state index is 0.483. The van der Waals surface area contributed by atoms with Gasteiger partial charge in [-0.25, -0.2) is 0 Å². The van der Waals surface area contributed by atoms with E-state index in [1.165, 1.54) is 35.0 Å². The van der Waals surface area contributed by atoms with Crippen LogP contribution in [0, 0.1) is 13.8 Å². The normalized spacial score (nSPS) is 17.8. The summed E-state index contributed by atoms with van der Waals surface area (Å²) in [5.74, 6) is 1.33. The molecule has 1 saturated heterocycles. The van der Waals surface area contributed by atoms with E-state index in [0.29, 0.717) is 5.92 Å². The highest BCUT2D eigenvalue weighted by Gasteiger charge is 2.23. The van der Waals surface area contributed by atoms with Crippen molar-refractivity contribution in [3.63, 3.8) is 0 Å². The maximum atomic E-state index is 5.30. The second-order valence-corrected chi connectivity index (χ2v) is 8.14. The zero-order valence-corrected chi connectivity index (χ0v) is 17.0. The molecule has 1 aliphatic heterocycles. The van der Waals surface area contributed by atoms with Crippen molar-refractivity contribution in [2.75, 3.05) is 13.1 Å². The molecule has 3 aromatic heterocycles. The lowest BCUT2D eigenvalue weighted by Crippen LogP contribution is -2.34. The number of hydrogen-bond acceptors (Lipinski definition) is 4. The Kier molecular flexibility index (Phi) is 4.68. The largest absolute Gasteiger partial charge is 0.361 e. The average Bonchev–Trinajstić information content (AvgIpc) is 3.34. The van der Waals surface area contributed by atoms with Crippen LogP contribution in [0.15, 0.2) is 53.3 Å². The highest BCUT2D eigenvalue weighted by atomic mass is 16.5. The van der Waals surface area contributed by atoms with E-state index in [2.05, 4.69) is 51.4 Å². The van der Waals surface area contributed by atoms with Gasteiger partial charge < -0.3 is 9.51 Å². The predicted octanol–water partition coefficient (Wildman–Crippen LogP) is 5.21. The van der Waals surface area contributed by atoms with Crippen molar-refractivity contribution in [3.05, 3.63) is 71.5 Å². The molecule has 5 rings (SSSR count). The minimum absolute atomic E-state index is 0.483. The summed E-state index contributed by atoms with van der Waals surface area (Å²) in [6.07, 6.45) is 6.38. The molecule has 1 fully saturated rings. The summed E-state index contributed by atoms with van der Waals surface area (Å²) in [7, 11) is 0. The van der Waals surface area contributed by atoms with Crippen LogP contribution in [-0.2, 0) is 6.54 Å². The predicted molar refractivity (Wildman–Crippen MR) is 115 cm³/mol. The first-order valence-electron chi connectivity index (χ1n) is 10.3. The molecule has 0 aliphatic carbocycles. The van der Waals surface area contributed by atoms with Gasteiger partial charge in [-0.1, -0.05) is 23.4 Å². The molecule has 0 amide bonds. The van der Waals surface area contributed by atoms with Crippen molar-refractivity contribution in [2.24, 2.45) is 0 Å². The van der Waals surface area contributed by atoms with E-state index in [9.17, 15) is 0 Å². The van der Waals surface area contributed by atoms with Crippen LogP contribution in [0.5, 0.6) is 0 Å². The molecule has 0 radical (unpaired) electrons. The second-order valence-electron chi connectivity index (χ2n) is 8.14. The van der Waals surface area contributed by atoms with Crippen LogP contribution >= 0.6 is 0 Å². The molecule has 1 N–H and O–H groups in total. The average molecular weight is 386 g/mol. The lowest BCUT2D eigenvalue weighted by atomic mass is 9.93. The SMILES string of the molecule is Cc1noc(C)c1-c1ccc(C2CCCN(Cc3ccc4cc[nH]c4c3)C2)nc1. The number of nitrogens with zero attached hydrogens (tertiary/aromatic N) is 3. The Morgan fingerprint density at radius 3 is 2.90 bits per heavy atom. The number of aromatic amines is 1. The summed E-state index contributed by atoms with van der Waals surface area (Å²) >= 11 is 0. The summed E-state index contributed by atoms with van der Waals surface area (Å²) in [4.78, 5) is 10.7. The standard InChI is InChI=1S/C24H26N4O/c1-16-24(17(2)29-27-16)20-7-8-22(26-13-20)21-4-3-11-28(15-21)14-18-5-6-19-9-10-25-23(19)12-18/h5-10,12-13,21,25H,3-4,11,14-15H2,1-2H3. The van der Waals surface area contributed by atoms with E-state index in [1.54, 1.807) is 0 Å². The Labute approximate surface area is 170 Å². The molecule has 1 atom stereocenters. The van der Waals surface area contributed by atoms with E-state index in [0.717, 1.165) is 42.2 Å². The van der Waals surface area contributed by atoms with Gasteiger partial charge >= 0.3 is 0 Å². The fraction of sp³-hybridized carbons (Fsp3) is 0.333. The molecule has 1 aromatic carbocycles. The van der Waals surface area contributed by atoms with Crippen molar-refractivity contribution >= 4 is 10.9 Å². The summed E-state index contributed by atoms with van der Waals surface area (Å²) in [5.41, 5.74) is 6.82. The van der Waals surface area contributed by atoms with Crippen molar-refractivity contribution < 1.29 is 4.52 Å². The topological polar surface area (TPSA) is 58.0 Å². The molecule has 0 saturated carbocycles. The Bertz CT molecular complexity index is 1110. The molecular formula is C24H26N4O. The van der Waals surface area contributed by atoms with Crippen LogP contribution in [0.2, 0.25) is 0 Å². The Hall–Kier alpha value is -2.92. The van der Waals surface area contributed by atoms with Crippen LogP contribution in [0.3, 0.4) is 0 Å². The number of pyridine rings is 1. The zero-order chi connectivity index (χ0) is 19.8. The fourth-order valence-corrected chi connectivity index (χ4v) is 4.58. The van der Waals surface area contributed by atoms with Gasteiger partial charge in [-0.15, -0.1) is 0 Å². The third kappa shape index (κ3) is 3.58. The second kappa shape index (κ2) is 7.48. The lowest BCUT2D eigenvalue weighted by Gasteiger charge is -2.32. The number of aryl methyl sites for hydroxylation is 2. The summed E-state index contributed by atoms with van der Waals surface area (Å²) in [6, 6.07) is 13.2. The Morgan fingerprint density at radius 2 is 2.10 bits per heavy atom. The molecule has 1 aliphatic rings. The first-order valence-corrected chi connectivity index (χ1v) is 10.3. The highest BCUT2D eigenvalue weighted by molar-refractivity contribution is 5.79. The van der Waals surface area contributed by atoms with Gasteiger partial charge in [-0.05, 0) is 62.4 Å². The summed E-state index contributed by atoms with van der Waals surface area (Å²) in [6.45, 7) is 7.12. The van der Waals surface area contributed by atoms with E-state index < -0.39 is 0 Å². The zero-order valence-electron chi connectivity index (χ0n) is 17.0. The molecule has 5 nitrogen and oxygen atoms in total. The maximum absolute atomic E-state index is 5.30. The number of aromatic nitrogens is 3. The first-order chi connectivity index (χ1) is 14.2. The quantitative estimate of drug-likeness (QED) is 0.523. The van der Waals surface area contributed by atoms with E-state index in [4.69, 9.17) is 9.51 Å². The molecule has 1 unspecified atom stereocenters. The molecule has 0 spiro atoms. The minimum Gasteiger partial charge on any atom is -0.361 e. The van der Waals surface area contributed by atoms with Gasteiger partial charge in [0.1, 0.15) is 5.76 Å². The monoisotopic (exact) mass is 386 g/mol. The van der Waals surface area contributed by atoms with Gasteiger partial charge in [-0.2, -0.15) is 0 Å². The van der Waals surface area contributed by atoms with Crippen LogP contribution in [-0.4, -0.2) is 33.1 Å². The van der Waals surface area contributed by atoms with Crippen LogP contribution in [0.4, 0.5) is 0 Å². The highest BCUT2D eigenvalue weighted by Crippen LogP contribution is 2.30. The van der Waals surface area contributed by atoms with Gasteiger partial charge in [0.05, 0.1) is 5.69 Å². The van der Waals surface area contributed by atoms with E-state index in [1.807, 2.05) is 26.2 Å². The molecule has 148 valence electrons. The van der Waals surface area contributed by atoms with Crippen molar-refractivity contribution in [1.82, 2.24) is 20.0 Å². The van der Waals surface area contributed by atoms with Gasteiger partial charge in [0.2, 0.25) is 0 Å². The number of likely N-dealkylation sites (tertiary alicyclic amines) is 1. The van der Waals surface area contributed by atoms with Crippen LogP contribution < -0.4 is 0 Å². The van der Waals surface area contributed by atoms with Gasteiger partial charge in [0, 0.05) is 53.7 Å². The smallest absolute Gasteiger partial charge is 0.141 e. The van der Waals surface area contributed by atoms with Gasteiger partial charge in [0.15, 0.2) is 0 Å². The Morgan fingerprint density at radius 1 is 1.17 bits per heavy atom. The lowest BCUT2D eigenvalue weighted by molar-refractivity contribution is 0.198. The van der Waals surface area contributed by atoms with E-state index >= 15 is 0 Å². The van der Waals surface area contributed by atoms with Crippen molar-refractivity contribution in [1.29, 1.82) is 0 Å². The van der Waals surface area contributed by atoms with Crippen LogP contribution in [0.1, 0.15) is 41.5 Å². The van der Waals surface area contributed by atoms with E-state index in [-0.39, 0.29) is 0 Å². The van der Waals surface area contributed by atoms with Crippen LogP contribution in [0.25, 0.3) is 22.0 Å². The van der Waals surface area contributed by atoms with Gasteiger partial charge in [0.25, 0.3) is 0 Å². The number of hydrogen-bond donors (Lipinski definition) is 1. The first kappa shape index (κ1) is 18.1. The number of H-pyrrole nitrogens is 1. The number of fused-ring (bicyclic) bond motifs is 1. The van der Waals surface area contributed by atoms with Gasteiger partial charge in [-0.3, -0.25) is 9.88 Å². The third-order valence-electron chi connectivity index (χ3n) is 6.06. The molecule has 0 bridgehead atoms.